The number of amides is 2. The number of ether oxygens (including phenoxy) is 1. The standard InChI is InChI=1S/C29H23F2N5O4/c30-19-10-6-11-20(31)22(19)25-23(29-36(35-25)14-13-17(15-37)40-29)27(38)34-26-28(39)32-21-12-5-4-9-18(21)24(33-26)16-7-2-1-3-8-16/h1-12,17,26,37H,13-15H2,(H,32,39)(H,34,38)/t17-,26-/m1/s1. The van der Waals surface area contributed by atoms with E-state index in [9.17, 15) is 23.5 Å². The first-order chi connectivity index (χ1) is 19.4. The number of fused-ring (bicyclic) bond motifs is 2. The van der Waals surface area contributed by atoms with Crippen LogP contribution in [0.2, 0.25) is 0 Å². The van der Waals surface area contributed by atoms with Crippen LogP contribution in [0.5, 0.6) is 5.88 Å². The molecule has 4 aromatic rings. The van der Waals surface area contributed by atoms with Crippen LogP contribution < -0.4 is 15.4 Å². The van der Waals surface area contributed by atoms with E-state index in [-0.39, 0.29) is 30.3 Å². The van der Waals surface area contributed by atoms with Crippen LogP contribution in [0.4, 0.5) is 14.5 Å². The predicted octanol–water partition coefficient (Wildman–Crippen LogP) is 3.52. The minimum absolute atomic E-state index is 0.0648. The molecule has 3 N–H and O–H groups in total. The first kappa shape index (κ1) is 25.4. The number of para-hydroxylation sites is 1. The van der Waals surface area contributed by atoms with Crippen LogP contribution in [0.3, 0.4) is 0 Å². The first-order valence-electron chi connectivity index (χ1n) is 12.6. The van der Waals surface area contributed by atoms with Crippen molar-refractivity contribution < 1.29 is 28.2 Å². The zero-order valence-electron chi connectivity index (χ0n) is 21.0. The molecule has 6 rings (SSSR count). The van der Waals surface area contributed by atoms with Gasteiger partial charge >= 0.3 is 0 Å². The van der Waals surface area contributed by atoms with E-state index in [4.69, 9.17) is 4.74 Å². The van der Waals surface area contributed by atoms with Crippen molar-refractivity contribution in [2.75, 3.05) is 11.9 Å². The molecule has 2 atom stereocenters. The van der Waals surface area contributed by atoms with E-state index < -0.39 is 41.3 Å². The van der Waals surface area contributed by atoms with Crippen LogP contribution in [-0.4, -0.2) is 51.3 Å². The highest BCUT2D eigenvalue weighted by Gasteiger charge is 2.35. The van der Waals surface area contributed by atoms with Gasteiger partial charge in [0.2, 0.25) is 12.0 Å². The minimum Gasteiger partial charge on any atom is -0.471 e. The maximum atomic E-state index is 14.9. The van der Waals surface area contributed by atoms with Crippen LogP contribution >= 0.6 is 0 Å². The van der Waals surface area contributed by atoms with E-state index >= 15 is 0 Å². The normalized spacial score (nSPS) is 18.0. The monoisotopic (exact) mass is 543 g/mol. The Morgan fingerprint density at radius 2 is 1.77 bits per heavy atom. The number of aliphatic hydroxyl groups excluding tert-OH is 1. The number of rotatable bonds is 5. The van der Waals surface area contributed by atoms with E-state index in [1.165, 1.54) is 10.7 Å². The van der Waals surface area contributed by atoms with Crippen molar-refractivity contribution in [1.82, 2.24) is 15.1 Å². The van der Waals surface area contributed by atoms with Gasteiger partial charge in [-0.05, 0) is 18.2 Å². The fourth-order valence-corrected chi connectivity index (χ4v) is 4.81. The third-order valence-electron chi connectivity index (χ3n) is 6.74. The summed E-state index contributed by atoms with van der Waals surface area (Å²) >= 11 is 0. The summed E-state index contributed by atoms with van der Waals surface area (Å²) < 4.78 is 36.9. The number of aliphatic hydroxyl groups is 1. The predicted molar refractivity (Wildman–Crippen MR) is 142 cm³/mol. The van der Waals surface area contributed by atoms with Gasteiger partial charge in [-0.15, -0.1) is 0 Å². The summed E-state index contributed by atoms with van der Waals surface area (Å²) in [7, 11) is 0. The topological polar surface area (TPSA) is 118 Å². The number of halogens is 2. The molecule has 0 unspecified atom stereocenters. The molecular weight excluding hydrogens is 520 g/mol. The Morgan fingerprint density at radius 3 is 2.52 bits per heavy atom. The van der Waals surface area contributed by atoms with Crippen molar-refractivity contribution in [3.63, 3.8) is 0 Å². The third-order valence-corrected chi connectivity index (χ3v) is 6.74. The Kier molecular flexibility index (Phi) is 6.56. The Hall–Kier alpha value is -4.90. The van der Waals surface area contributed by atoms with Gasteiger partial charge in [-0.1, -0.05) is 54.6 Å². The number of hydrogen-bond donors (Lipinski definition) is 3. The smallest absolute Gasteiger partial charge is 0.269 e. The van der Waals surface area contributed by atoms with Crippen molar-refractivity contribution in [2.45, 2.75) is 25.2 Å². The van der Waals surface area contributed by atoms with Gasteiger partial charge in [0.15, 0.2) is 0 Å². The quantitative estimate of drug-likeness (QED) is 0.356. The zero-order valence-corrected chi connectivity index (χ0v) is 21.0. The molecule has 0 aliphatic carbocycles. The number of carbonyl (C=O) groups excluding carboxylic acids is 2. The number of anilines is 1. The van der Waals surface area contributed by atoms with Crippen LogP contribution in [0.15, 0.2) is 77.8 Å². The molecule has 0 fully saturated rings. The number of benzene rings is 3. The second kappa shape index (κ2) is 10.3. The highest BCUT2D eigenvalue weighted by atomic mass is 19.1. The van der Waals surface area contributed by atoms with E-state index in [2.05, 4.69) is 20.7 Å². The molecule has 2 aliphatic rings. The summed E-state index contributed by atoms with van der Waals surface area (Å²) in [5.41, 5.74) is 1.29. The van der Waals surface area contributed by atoms with Gasteiger partial charge in [0.25, 0.3) is 11.8 Å². The van der Waals surface area contributed by atoms with Crippen LogP contribution in [0.1, 0.15) is 27.9 Å². The molecule has 0 radical (unpaired) electrons. The Balaban J connectivity index is 1.45. The van der Waals surface area contributed by atoms with E-state index in [0.717, 1.165) is 17.7 Å². The van der Waals surface area contributed by atoms with Crippen molar-refractivity contribution in [3.05, 3.63) is 101 Å². The summed E-state index contributed by atoms with van der Waals surface area (Å²) in [5.74, 6) is -3.39. The number of aryl methyl sites for hydroxylation is 1. The van der Waals surface area contributed by atoms with Gasteiger partial charge in [-0.2, -0.15) is 5.10 Å². The molecule has 2 aliphatic heterocycles. The van der Waals surface area contributed by atoms with Crippen LogP contribution in [0, 0.1) is 11.6 Å². The second-order valence-electron chi connectivity index (χ2n) is 9.31. The van der Waals surface area contributed by atoms with Gasteiger partial charge < -0.3 is 20.5 Å². The number of nitrogens with one attached hydrogen (secondary N) is 2. The molecule has 11 heteroatoms. The van der Waals surface area contributed by atoms with Crippen LogP contribution in [0.25, 0.3) is 11.3 Å². The molecule has 40 heavy (non-hydrogen) atoms. The Labute approximate surface area is 227 Å². The lowest BCUT2D eigenvalue weighted by Gasteiger charge is -2.23. The summed E-state index contributed by atoms with van der Waals surface area (Å²) in [6, 6.07) is 19.6. The van der Waals surface area contributed by atoms with Crippen molar-refractivity contribution in [1.29, 1.82) is 0 Å². The lowest BCUT2D eigenvalue weighted by atomic mass is 10.0. The molecule has 1 aromatic heterocycles. The van der Waals surface area contributed by atoms with Crippen LogP contribution in [-0.2, 0) is 11.3 Å². The van der Waals surface area contributed by atoms with Gasteiger partial charge in [0.05, 0.1) is 23.6 Å². The summed E-state index contributed by atoms with van der Waals surface area (Å²) in [6.45, 7) is -0.0872. The third kappa shape index (κ3) is 4.50. The largest absolute Gasteiger partial charge is 0.471 e. The maximum absolute atomic E-state index is 14.9. The Bertz CT molecular complexity index is 1630. The van der Waals surface area contributed by atoms with Crippen molar-refractivity contribution in [3.8, 4) is 17.1 Å². The molecule has 3 aromatic carbocycles. The second-order valence-corrected chi connectivity index (χ2v) is 9.31. The van der Waals surface area contributed by atoms with Gasteiger partial charge in [0, 0.05) is 24.1 Å². The highest BCUT2D eigenvalue weighted by Crippen LogP contribution is 2.36. The number of nitrogens with zero attached hydrogens (tertiary/aromatic N) is 3. The SMILES string of the molecule is O=C(N[C@H]1N=C(c2ccccc2)c2ccccc2NC1=O)c1c(-c2c(F)cccc2F)nn2c1O[C@@H](CO)CC2. The van der Waals surface area contributed by atoms with Gasteiger partial charge in [0.1, 0.15) is 29.0 Å². The summed E-state index contributed by atoms with van der Waals surface area (Å²) in [6.07, 6.45) is -1.67. The Morgan fingerprint density at radius 1 is 1.05 bits per heavy atom. The number of benzodiazepines with no additional fused rings is 1. The van der Waals surface area contributed by atoms with Crippen molar-refractivity contribution >= 4 is 23.2 Å². The maximum Gasteiger partial charge on any atom is 0.269 e. The summed E-state index contributed by atoms with van der Waals surface area (Å²) in [4.78, 5) is 31.7. The first-order valence-corrected chi connectivity index (χ1v) is 12.6. The zero-order chi connectivity index (χ0) is 27.8. The number of aliphatic imine (C=N–C) groups is 1. The number of hydrogen-bond acceptors (Lipinski definition) is 6. The molecule has 3 heterocycles. The van der Waals surface area contributed by atoms with E-state index in [1.807, 2.05) is 42.5 Å². The van der Waals surface area contributed by atoms with Gasteiger partial charge in [-0.25, -0.2) is 18.5 Å². The molecule has 9 nitrogen and oxygen atoms in total. The van der Waals surface area contributed by atoms with E-state index in [1.54, 1.807) is 12.1 Å². The number of carbonyl (C=O) groups is 2. The average molecular weight is 544 g/mol. The highest BCUT2D eigenvalue weighted by molar-refractivity contribution is 6.20. The van der Waals surface area contributed by atoms with Crippen molar-refractivity contribution in [2.24, 2.45) is 4.99 Å². The molecule has 202 valence electrons. The molecule has 0 saturated heterocycles. The molecular formula is C29H23F2N5O4. The molecule has 0 saturated carbocycles. The summed E-state index contributed by atoms with van der Waals surface area (Å²) in [5, 5.41) is 19.3. The minimum atomic E-state index is -1.40. The van der Waals surface area contributed by atoms with E-state index in [0.29, 0.717) is 23.4 Å². The lowest BCUT2D eigenvalue weighted by Crippen LogP contribution is -2.42. The molecule has 2 amide bonds. The molecule has 0 spiro atoms. The molecule has 0 bridgehead atoms. The average Bonchev–Trinajstić information content (AvgIpc) is 3.27. The fourth-order valence-electron chi connectivity index (χ4n) is 4.81. The fraction of sp³-hybridized carbons (Fsp3) is 0.172. The van der Waals surface area contributed by atoms with Gasteiger partial charge in [-0.3, -0.25) is 9.59 Å². The lowest BCUT2D eigenvalue weighted by molar-refractivity contribution is -0.117. The number of aromatic nitrogens is 2.